The highest BCUT2D eigenvalue weighted by molar-refractivity contribution is 5.96. The Labute approximate surface area is 183 Å². The van der Waals surface area contributed by atoms with Crippen molar-refractivity contribution in [1.82, 2.24) is 14.4 Å². The second-order valence-electron chi connectivity index (χ2n) is 9.03. The number of halogens is 1. The summed E-state index contributed by atoms with van der Waals surface area (Å²) in [4.78, 5) is 16.4. The maximum Gasteiger partial charge on any atom is 0.222 e. The van der Waals surface area contributed by atoms with Crippen LogP contribution in [0.4, 0.5) is 4.39 Å². The van der Waals surface area contributed by atoms with Crippen LogP contribution in [-0.2, 0) is 4.79 Å². The normalized spacial score (nSPS) is 18.4. The Hall–Kier alpha value is -2.66. The summed E-state index contributed by atoms with van der Waals surface area (Å²) in [6.07, 6.45) is 6.21. The summed E-state index contributed by atoms with van der Waals surface area (Å²) in [6.45, 7) is 7.01. The minimum Gasteiger partial charge on any atom is -0.344 e. The van der Waals surface area contributed by atoms with E-state index in [1.165, 1.54) is 34.2 Å². The Morgan fingerprint density at radius 1 is 1.00 bits per heavy atom. The van der Waals surface area contributed by atoms with Gasteiger partial charge in [0.25, 0.3) is 0 Å². The predicted octanol–water partition coefficient (Wildman–Crippen LogP) is 5.02. The zero-order chi connectivity index (χ0) is 21.4. The van der Waals surface area contributed by atoms with Crippen LogP contribution in [0.3, 0.4) is 0 Å². The third kappa shape index (κ3) is 4.11. The lowest BCUT2D eigenvalue weighted by Gasteiger charge is -2.34. The summed E-state index contributed by atoms with van der Waals surface area (Å²) >= 11 is 0. The lowest BCUT2D eigenvalue weighted by molar-refractivity contribution is -0.127. The van der Waals surface area contributed by atoms with Gasteiger partial charge in [0.05, 0.1) is 0 Å². The third-order valence-corrected chi connectivity index (χ3v) is 6.95. The number of amides is 1. The van der Waals surface area contributed by atoms with Crippen LogP contribution in [0.1, 0.15) is 37.3 Å². The van der Waals surface area contributed by atoms with Crippen LogP contribution in [0, 0.1) is 12.7 Å². The van der Waals surface area contributed by atoms with Gasteiger partial charge in [0.2, 0.25) is 5.91 Å². The molecule has 162 valence electrons. The number of likely N-dealkylation sites (tertiary alicyclic amines) is 2. The van der Waals surface area contributed by atoms with Gasteiger partial charge in [-0.15, -0.1) is 0 Å². The zero-order valence-corrected chi connectivity index (χ0v) is 18.2. The summed E-state index contributed by atoms with van der Waals surface area (Å²) in [5.74, 6) is 0.115. The fourth-order valence-corrected chi connectivity index (χ4v) is 5.15. The Morgan fingerprint density at radius 3 is 2.48 bits per heavy atom. The van der Waals surface area contributed by atoms with E-state index in [1.54, 1.807) is 0 Å². The summed E-state index contributed by atoms with van der Waals surface area (Å²) in [5.41, 5.74) is 4.73. The number of aryl methyl sites for hydroxylation is 1. The van der Waals surface area contributed by atoms with Crippen molar-refractivity contribution in [3.63, 3.8) is 0 Å². The average molecular weight is 420 g/mol. The third-order valence-electron chi connectivity index (χ3n) is 6.95. The summed E-state index contributed by atoms with van der Waals surface area (Å²) in [7, 11) is 0. The van der Waals surface area contributed by atoms with Crippen LogP contribution in [-0.4, -0.2) is 53.0 Å². The van der Waals surface area contributed by atoms with Gasteiger partial charge in [-0.3, -0.25) is 4.79 Å². The standard InChI is InChI=1S/C26H30FN3O/c1-19-4-9-25-23(17-19)24(20-5-7-21(27)8-6-20)18-30(25)22-10-13-28(14-11-22)15-16-29-12-2-3-26(29)31/h4-9,17-18,22H,2-3,10-16H2,1H3. The minimum atomic E-state index is -0.202. The number of nitrogens with zero attached hydrogens (tertiary/aromatic N) is 3. The highest BCUT2D eigenvalue weighted by Gasteiger charge is 2.25. The van der Waals surface area contributed by atoms with Gasteiger partial charge in [0.15, 0.2) is 0 Å². The Morgan fingerprint density at radius 2 is 1.77 bits per heavy atom. The molecule has 4 nitrogen and oxygen atoms in total. The number of benzene rings is 2. The van der Waals surface area contributed by atoms with Gasteiger partial charge in [0, 0.05) is 67.8 Å². The molecule has 0 bridgehead atoms. The molecule has 2 fully saturated rings. The maximum atomic E-state index is 13.5. The molecule has 0 radical (unpaired) electrons. The number of piperidine rings is 1. The van der Waals surface area contributed by atoms with Crippen molar-refractivity contribution in [2.45, 2.75) is 38.6 Å². The minimum absolute atomic E-state index is 0.202. The van der Waals surface area contributed by atoms with Gasteiger partial charge in [0.1, 0.15) is 5.82 Å². The molecule has 0 N–H and O–H groups in total. The molecule has 2 aliphatic heterocycles. The van der Waals surface area contributed by atoms with Crippen LogP contribution < -0.4 is 0 Å². The molecule has 0 unspecified atom stereocenters. The Kier molecular flexibility index (Phi) is 5.53. The summed E-state index contributed by atoms with van der Waals surface area (Å²) in [5, 5.41) is 1.24. The van der Waals surface area contributed by atoms with Gasteiger partial charge in [-0.25, -0.2) is 4.39 Å². The van der Waals surface area contributed by atoms with E-state index in [0.29, 0.717) is 11.9 Å². The average Bonchev–Trinajstić information content (AvgIpc) is 3.36. The van der Waals surface area contributed by atoms with Crippen LogP contribution >= 0.6 is 0 Å². The highest BCUT2D eigenvalue weighted by atomic mass is 19.1. The number of rotatable bonds is 5. The molecular formula is C26H30FN3O. The second kappa shape index (κ2) is 8.46. The lowest BCUT2D eigenvalue weighted by atomic mass is 10.0. The highest BCUT2D eigenvalue weighted by Crippen LogP contribution is 2.36. The molecule has 0 saturated carbocycles. The van der Waals surface area contributed by atoms with Crippen molar-refractivity contribution < 1.29 is 9.18 Å². The first-order chi connectivity index (χ1) is 15.1. The topological polar surface area (TPSA) is 28.5 Å². The van der Waals surface area contributed by atoms with Crippen LogP contribution in [0.5, 0.6) is 0 Å². The fourth-order valence-electron chi connectivity index (χ4n) is 5.15. The molecular weight excluding hydrogens is 389 g/mol. The van der Waals surface area contributed by atoms with Gasteiger partial charge < -0.3 is 14.4 Å². The Balaban J connectivity index is 1.33. The first-order valence-corrected chi connectivity index (χ1v) is 11.5. The SMILES string of the molecule is Cc1ccc2c(c1)c(-c1ccc(F)cc1)cn2C1CCN(CCN2CCCC2=O)CC1. The Bertz CT molecular complexity index is 1080. The zero-order valence-electron chi connectivity index (χ0n) is 18.2. The van der Waals surface area contributed by atoms with Gasteiger partial charge in [-0.1, -0.05) is 23.8 Å². The second-order valence-corrected chi connectivity index (χ2v) is 9.03. The molecule has 5 heteroatoms. The predicted molar refractivity (Wildman–Crippen MR) is 123 cm³/mol. The quantitative estimate of drug-likeness (QED) is 0.581. The van der Waals surface area contributed by atoms with Crippen molar-refractivity contribution in [3.05, 3.63) is 60.0 Å². The molecule has 0 spiro atoms. The van der Waals surface area contributed by atoms with E-state index in [4.69, 9.17) is 0 Å². The van der Waals surface area contributed by atoms with Crippen molar-refractivity contribution in [2.75, 3.05) is 32.7 Å². The van der Waals surface area contributed by atoms with E-state index < -0.39 is 0 Å². The summed E-state index contributed by atoms with van der Waals surface area (Å²) < 4.78 is 15.9. The molecule has 1 aromatic heterocycles. The van der Waals surface area contributed by atoms with Crippen LogP contribution in [0.2, 0.25) is 0 Å². The van der Waals surface area contributed by atoms with Gasteiger partial charge in [-0.2, -0.15) is 0 Å². The lowest BCUT2D eigenvalue weighted by Crippen LogP contribution is -2.40. The number of carbonyl (C=O) groups excluding carboxylic acids is 1. The molecule has 1 amide bonds. The molecule has 2 aromatic carbocycles. The molecule has 31 heavy (non-hydrogen) atoms. The van der Waals surface area contributed by atoms with Gasteiger partial charge >= 0.3 is 0 Å². The van der Waals surface area contributed by atoms with Gasteiger partial charge in [-0.05, 0) is 56.0 Å². The molecule has 0 atom stereocenters. The van der Waals surface area contributed by atoms with Crippen molar-refractivity contribution in [2.24, 2.45) is 0 Å². The van der Waals surface area contributed by atoms with Crippen molar-refractivity contribution in [3.8, 4) is 11.1 Å². The first kappa shape index (κ1) is 20.3. The number of fused-ring (bicyclic) bond motifs is 1. The molecule has 2 saturated heterocycles. The number of hydrogen-bond donors (Lipinski definition) is 0. The molecule has 3 heterocycles. The monoisotopic (exact) mass is 419 g/mol. The number of hydrogen-bond acceptors (Lipinski definition) is 2. The van der Waals surface area contributed by atoms with E-state index in [1.807, 2.05) is 17.0 Å². The van der Waals surface area contributed by atoms with Crippen molar-refractivity contribution in [1.29, 1.82) is 0 Å². The first-order valence-electron chi connectivity index (χ1n) is 11.5. The smallest absolute Gasteiger partial charge is 0.222 e. The molecule has 3 aromatic rings. The van der Waals surface area contributed by atoms with Crippen LogP contribution in [0.15, 0.2) is 48.7 Å². The van der Waals surface area contributed by atoms with E-state index in [0.717, 1.165) is 64.0 Å². The van der Waals surface area contributed by atoms with Crippen molar-refractivity contribution >= 4 is 16.8 Å². The van der Waals surface area contributed by atoms with E-state index in [-0.39, 0.29) is 5.82 Å². The molecule has 0 aliphatic carbocycles. The largest absolute Gasteiger partial charge is 0.344 e. The van der Waals surface area contributed by atoms with E-state index in [2.05, 4.69) is 40.8 Å². The van der Waals surface area contributed by atoms with Crippen LogP contribution in [0.25, 0.3) is 22.0 Å². The van der Waals surface area contributed by atoms with E-state index in [9.17, 15) is 9.18 Å². The summed E-state index contributed by atoms with van der Waals surface area (Å²) in [6, 6.07) is 13.9. The number of carbonyl (C=O) groups is 1. The maximum absolute atomic E-state index is 13.5. The fraction of sp³-hybridized carbons (Fsp3) is 0.423. The number of aromatic nitrogens is 1. The van der Waals surface area contributed by atoms with E-state index >= 15 is 0 Å². The molecule has 2 aliphatic rings. The molecule has 5 rings (SSSR count).